The highest BCUT2D eigenvalue weighted by molar-refractivity contribution is 7.84. The molecule has 0 radical (unpaired) electrons. The second-order valence-corrected chi connectivity index (χ2v) is 12.0. The van der Waals surface area contributed by atoms with Gasteiger partial charge in [-0.15, -0.1) is 0 Å². The molecule has 0 amide bonds. The molecular weight excluding hydrogens is 606 g/mol. The van der Waals surface area contributed by atoms with Crippen molar-refractivity contribution >= 4 is 42.6 Å². The van der Waals surface area contributed by atoms with E-state index in [2.05, 4.69) is 36.0 Å². The molecule has 6 rings (SSSR count). The first-order valence-electron chi connectivity index (χ1n) is 14.4. The number of aromatic nitrogens is 1. The number of methoxy groups -OCH3 is 3. The lowest BCUT2D eigenvalue weighted by Gasteiger charge is -2.17. The second-order valence-electron chi connectivity index (χ2n) is 10.6. The summed E-state index contributed by atoms with van der Waals surface area (Å²) in [7, 11) is 3.10. The van der Waals surface area contributed by atoms with Crippen molar-refractivity contribution in [3.05, 3.63) is 108 Å². The molecule has 10 heteroatoms. The minimum Gasteiger partial charge on any atom is -0.748 e. The van der Waals surface area contributed by atoms with Crippen LogP contribution < -0.4 is 28.3 Å². The van der Waals surface area contributed by atoms with E-state index in [0.717, 1.165) is 49.3 Å². The Morgan fingerprint density at radius 2 is 1.02 bits per heavy atom. The van der Waals surface area contributed by atoms with Gasteiger partial charge in [-0.05, 0) is 41.5 Å². The minimum atomic E-state index is -3.92. The Morgan fingerprint density at radius 3 is 1.57 bits per heavy atom. The molecule has 0 bridgehead atoms. The standard InChI is InChI=1S/C35H32NO5.CH4O3S/c1-36-20-25-15-31(37-2)32(38-3)16-26(25)28-18-30(40-21-23-11-7-5-8-12-23)27-17-34(33(39-4)19-29(27)35(28)36)41-22-24-13-9-6-10-14-24;1-5(2,3)4/h5-20H,21-22H2,1-4H3;1H3,(H,2,3,4)/q+1;/p-1. The van der Waals surface area contributed by atoms with Gasteiger partial charge < -0.3 is 28.2 Å². The van der Waals surface area contributed by atoms with Crippen LogP contribution in [0.25, 0.3) is 32.4 Å². The first kappa shape index (κ1) is 32.3. The largest absolute Gasteiger partial charge is 0.748 e. The second kappa shape index (κ2) is 13.9. The predicted octanol–water partition coefficient (Wildman–Crippen LogP) is 6.32. The molecule has 0 atom stereocenters. The van der Waals surface area contributed by atoms with E-state index in [0.29, 0.717) is 42.5 Å². The van der Waals surface area contributed by atoms with Crippen molar-refractivity contribution in [1.82, 2.24) is 0 Å². The van der Waals surface area contributed by atoms with Crippen LogP contribution in [0, 0.1) is 0 Å². The van der Waals surface area contributed by atoms with Gasteiger partial charge in [0.2, 0.25) is 5.52 Å². The smallest absolute Gasteiger partial charge is 0.221 e. The number of ether oxygens (including phenoxy) is 5. The average Bonchev–Trinajstić information content (AvgIpc) is 3.05. The summed E-state index contributed by atoms with van der Waals surface area (Å²) in [5.74, 6) is 3.42. The zero-order chi connectivity index (χ0) is 32.8. The summed E-state index contributed by atoms with van der Waals surface area (Å²) in [5, 5.41) is 5.02. The maximum Gasteiger partial charge on any atom is 0.221 e. The number of hydrogen-bond acceptors (Lipinski definition) is 8. The lowest BCUT2D eigenvalue weighted by atomic mass is 9.99. The molecule has 0 aliphatic heterocycles. The van der Waals surface area contributed by atoms with Crippen LogP contribution in [-0.2, 0) is 30.4 Å². The molecular formula is C36H35NO8S. The highest BCUT2D eigenvalue weighted by Gasteiger charge is 2.22. The number of pyridine rings is 1. The number of nitrogens with zero attached hydrogens (tertiary/aromatic N) is 1. The SMILES string of the molecule is COc1cc2c[n+](C)c3c4cc(OC)c(OCc5ccccc5)cc4c(OCc4ccccc4)cc3c2cc1OC.CS(=O)(=O)[O-]. The molecule has 0 N–H and O–H groups in total. The van der Waals surface area contributed by atoms with Crippen LogP contribution in [0.4, 0.5) is 0 Å². The highest BCUT2D eigenvalue weighted by Crippen LogP contribution is 2.43. The van der Waals surface area contributed by atoms with E-state index in [1.165, 1.54) is 0 Å². The third-order valence-corrected chi connectivity index (χ3v) is 7.36. The molecule has 46 heavy (non-hydrogen) atoms. The van der Waals surface area contributed by atoms with Gasteiger partial charge in [0.15, 0.2) is 29.2 Å². The van der Waals surface area contributed by atoms with Crippen LogP contribution in [0.2, 0.25) is 0 Å². The third-order valence-electron chi connectivity index (χ3n) is 7.36. The fourth-order valence-electron chi connectivity index (χ4n) is 5.34. The maximum atomic E-state index is 9.08. The van der Waals surface area contributed by atoms with Crippen LogP contribution in [0.5, 0.6) is 28.7 Å². The summed E-state index contributed by atoms with van der Waals surface area (Å²) in [6.07, 6.45) is 2.71. The predicted molar refractivity (Wildman–Crippen MR) is 177 cm³/mol. The van der Waals surface area contributed by atoms with Crippen molar-refractivity contribution in [2.75, 3.05) is 27.6 Å². The van der Waals surface area contributed by atoms with Gasteiger partial charge in [0.1, 0.15) is 26.0 Å². The molecule has 0 aliphatic carbocycles. The van der Waals surface area contributed by atoms with Crippen LogP contribution in [0.15, 0.2) is 97.2 Å². The molecule has 6 aromatic rings. The van der Waals surface area contributed by atoms with Crippen molar-refractivity contribution in [3.8, 4) is 28.7 Å². The molecule has 0 saturated carbocycles. The van der Waals surface area contributed by atoms with Crippen LogP contribution in [-0.4, -0.2) is 40.6 Å². The number of fused-ring (bicyclic) bond motifs is 5. The minimum absolute atomic E-state index is 0.427. The van der Waals surface area contributed by atoms with Crippen LogP contribution in [0.1, 0.15) is 11.1 Å². The van der Waals surface area contributed by atoms with Crippen molar-refractivity contribution in [2.45, 2.75) is 13.2 Å². The van der Waals surface area contributed by atoms with Gasteiger partial charge in [-0.3, -0.25) is 0 Å². The summed E-state index contributed by atoms with van der Waals surface area (Å²) >= 11 is 0. The lowest BCUT2D eigenvalue weighted by Crippen LogP contribution is -2.28. The van der Waals surface area contributed by atoms with Crippen LogP contribution in [0.3, 0.4) is 0 Å². The van der Waals surface area contributed by atoms with Crippen molar-refractivity contribution < 1.29 is 41.2 Å². The first-order chi connectivity index (χ1) is 22.1. The number of benzene rings is 5. The van der Waals surface area contributed by atoms with Gasteiger partial charge in [0.25, 0.3) is 0 Å². The Morgan fingerprint density at radius 1 is 0.609 bits per heavy atom. The number of aryl methyl sites for hydroxylation is 1. The third kappa shape index (κ3) is 7.42. The van der Waals surface area contributed by atoms with Crippen molar-refractivity contribution in [3.63, 3.8) is 0 Å². The van der Waals surface area contributed by atoms with E-state index < -0.39 is 10.1 Å². The molecule has 0 aliphatic rings. The summed E-state index contributed by atoms with van der Waals surface area (Å²) < 4.78 is 59.3. The number of rotatable bonds is 9. The Labute approximate surface area is 268 Å². The Bertz CT molecular complexity index is 2090. The first-order valence-corrected chi connectivity index (χ1v) is 16.2. The van der Waals surface area contributed by atoms with E-state index in [9.17, 15) is 0 Å². The zero-order valence-electron chi connectivity index (χ0n) is 26.3. The maximum absolute atomic E-state index is 9.08. The molecule has 5 aromatic carbocycles. The van der Waals surface area contributed by atoms with E-state index in [-0.39, 0.29) is 0 Å². The van der Waals surface area contributed by atoms with Gasteiger partial charge >= 0.3 is 0 Å². The van der Waals surface area contributed by atoms with Crippen molar-refractivity contribution in [2.24, 2.45) is 7.05 Å². The number of hydrogen-bond donors (Lipinski definition) is 0. The van der Waals surface area contributed by atoms with E-state index in [1.54, 1.807) is 21.3 Å². The van der Waals surface area contributed by atoms with Gasteiger partial charge in [-0.25, -0.2) is 8.42 Å². The lowest BCUT2D eigenvalue weighted by molar-refractivity contribution is -0.642. The van der Waals surface area contributed by atoms with Gasteiger partial charge in [-0.1, -0.05) is 60.7 Å². The zero-order valence-corrected chi connectivity index (χ0v) is 27.1. The normalized spacial score (nSPS) is 11.2. The molecule has 0 spiro atoms. The summed E-state index contributed by atoms with van der Waals surface area (Å²) in [4.78, 5) is 0. The van der Waals surface area contributed by atoms with Gasteiger partial charge in [0, 0.05) is 17.0 Å². The molecule has 9 nitrogen and oxygen atoms in total. The summed E-state index contributed by atoms with van der Waals surface area (Å²) in [5.41, 5.74) is 3.21. The van der Waals surface area contributed by atoms with E-state index in [4.69, 9.17) is 36.7 Å². The quantitative estimate of drug-likeness (QED) is 0.103. The van der Waals surface area contributed by atoms with Crippen molar-refractivity contribution in [1.29, 1.82) is 0 Å². The Kier molecular flexibility index (Phi) is 9.79. The van der Waals surface area contributed by atoms with E-state index in [1.807, 2.05) is 72.8 Å². The Hall–Kier alpha value is -5.06. The van der Waals surface area contributed by atoms with Crippen LogP contribution >= 0.6 is 0 Å². The molecule has 0 saturated heterocycles. The molecule has 238 valence electrons. The summed E-state index contributed by atoms with van der Waals surface area (Å²) in [6, 6.07) is 30.5. The fraction of sp³-hybridized carbons (Fsp3) is 0.194. The highest BCUT2D eigenvalue weighted by atomic mass is 32.2. The van der Waals surface area contributed by atoms with Gasteiger partial charge in [-0.2, -0.15) is 4.57 Å². The molecule has 1 aromatic heterocycles. The monoisotopic (exact) mass is 641 g/mol. The molecule has 1 heterocycles. The van der Waals surface area contributed by atoms with Gasteiger partial charge in [0.05, 0.1) is 47.6 Å². The summed E-state index contributed by atoms with van der Waals surface area (Å²) in [6.45, 7) is 0.859. The fourth-order valence-corrected chi connectivity index (χ4v) is 5.34. The molecule has 0 fully saturated rings. The average molecular weight is 642 g/mol. The topological polar surface area (TPSA) is 107 Å². The Balaban J connectivity index is 0.000000775. The molecule has 0 unspecified atom stereocenters. The van der Waals surface area contributed by atoms with E-state index >= 15 is 0 Å².